The van der Waals surface area contributed by atoms with E-state index in [-0.39, 0.29) is 6.10 Å². The van der Waals surface area contributed by atoms with Gasteiger partial charge in [0.1, 0.15) is 0 Å². The normalized spacial score (nSPS) is 13.8. The van der Waals surface area contributed by atoms with Crippen LogP contribution in [0.4, 0.5) is 0 Å². The first-order valence-corrected chi connectivity index (χ1v) is 8.40. The van der Waals surface area contributed by atoms with Gasteiger partial charge >= 0.3 is 0 Å². The average molecular weight is 304 g/mol. The Morgan fingerprint density at radius 2 is 1.48 bits per heavy atom. The zero-order valence-electron chi connectivity index (χ0n) is 13.9. The monoisotopic (exact) mass is 304 g/mol. The molecule has 0 aromatic heterocycles. The lowest BCUT2D eigenvalue weighted by Gasteiger charge is -2.27. The third kappa shape index (κ3) is 3.46. The molecule has 23 heavy (non-hydrogen) atoms. The van der Waals surface area contributed by atoms with E-state index in [0.29, 0.717) is 5.92 Å². The average Bonchev–Trinajstić information content (AvgIpc) is 2.62. The van der Waals surface area contributed by atoms with Gasteiger partial charge in [-0.05, 0) is 28.3 Å². The number of hydrogen-bond acceptors (Lipinski definition) is 1. The Kier molecular flexibility index (Phi) is 5.09. The standard InChI is InChI=1S/C22H24O/c1-3-9-21(22(23-2)18-11-5-4-6-12-18)20-15-14-17-10-7-8-13-19(17)16-20/h4-8,10-16,21-22H,3,9H2,1-2H3/t21-,22-/m1/s1. The lowest BCUT2D eigenvalue weighted by atomic mass is 9.85. The zero-order chi connectivity index (χ0) is 16.1. The van der Waals surface area contributed by atoms with Crippen molar-refractivity contribution in [1.29, 1.82) is 0 Å². The molecule has 1 nitrogen and oxygen atoms in total. The van der Waals surface area contributed by atoms with Gasteiger partial charge in [-0.2, -0.15) is 0 Å². The second-order valence-electron chi connectivity index (χ2n) is 6.07. The van der Waals surface area contributed by atoms with Gasteiger partial charge in [-0.3, -0.25) is 0 Å². The summed E-state index contributed by atoms with van der Waals surface area (Å²) in [5, 5.41) is 2.59. The van der Waals surface area contributed by atoms with Crippen LogP contribution in [0.15, 0.2) is 72.8 Å². The predicted molar refractivity (Wildman–Crippen MR) is 97.8 cm³/mol. The molecule has 3 rings (SSSR count). The van der Waals surface area contributed by atoms with Crippen molar-refractivity contribution in [3.8, 4) is 0 Å². The molecule has 0 radical (unpaired) electrons. The van der Waals surface area contributed by atoms with Crippen LogP contribution in [0.5, 0.6) is 0 Å². The van der Waals surface area contributed by atoms with Gasteiger partial charge in [0.15, 0.2) is 0 Å². The molecular weight excluding hydrogens is 280 g/mol. The fraction of sp³-hybridized carbons (Fsp3) is 0.273. The van der Waals surface area contributed by atoms with Crippen molar-refractivity contribution in [1.82, 2.24) is 0 Å². The molecule has 0 amide bonds. The third-order valence-electron chi connectivity index (χ3n) is 4.55. The Bertz CT molecular complexity index is 748. The Balaban J connectivity index is 2.01. The van der Waals surface area contributed by atoms with Crippen molar-refractivity contribution < 1.29 is 4.74 Å². The summed E-state index contributed by atoms with van der Waals surface area (Å²) in [6.45, 7) is 2.24. The molecule has 0 bridgehead atoms. The quantitative estimate of drug-likeness (QED) is 0.533. The molecule has 0 heterocycles. The van der Waals surface area contributed by atoms with Crippen molar-refractivity contribution in [2.24, 2.45) is 0 Å². The van der Waals surface area contributed by atoms with Crippen LogP contribution in [0.25, 0.3) is 10.8 Å². The highest BCUT2D eigenvalue weighted by atomic mass is 16.5. The number of fused-ring (bicyclic) bond motifs is 1. The lowest BCUT2D eigenvalue weighted by molar-refractivity contribution is 0.0754. The van der Waals surface area contributed by atoms with E-state index < -0.39 is 0 Å². The van der Waals surface area contributed by atoms with Crippen molar-refractivity contribution in [2.75, 3.05) is 7.11 Å². The van der Waals surface area contributed by atoms with Gasteiger partial charge in [0.25, 0.3) is 0 Å². The topological polar surface area (TPSA) is 9.23 Å². The van der Waals surface area contributed by atoms with Gasteiger partial charge in [-0.15, -0.1) is 0 Å². The van der Waals surface area contributed by atoms with Gasteiger partial charge in [0.05, 0.1) is 6.10 Å². The summed E-state index contributed by atoms with van der Waals surface area (Å²) < 4.78 is 5.92. The molecule has 0 aliphatic rings. The minimum atomic E-state index is 0.0947. The molecule has 0 spiro atoms. The van der Waals surface area contributed by atoms with Crippen LogP contribution >= 0.6 is 0 Å². The summed E-state index contributed by atoms with van der Waals surface area (Å²) in [6.07, 6.45) is 2.35. The lowest BCUT2D eigenvalue weighted by Crippen LogP contribution is -2.13. The van der Waals surface area contributed by atoms with Crippen molar-refractivity contribution >= 4 is 10.8 Å². The highest BCUT2D eigenvalue weighted by molar-refractivity contribution is 5.83. The van der Waals surface area contributed by atoms with E-state index in [4.69, 9.17) is 4.74 Å². The second-order valence-corrected chi connectivity index (χ2v) is 6.07. The molecule has 1 heteroatoms. The van der Waals surface area contributed by atoms with E-state index in [1.54, 1.807) is 0 Å². The molecule has 2 atom stereocenters. The van der Waals surface area contributed by atoms with Crippen molar-refractivity contribution in [3.05, 3.63) is 83.9 Å². The van der Waals surface area contributed by atoms with E-state index in [2.05, 4.69) is 79.7 Å². The molecule has 0 fully saturated rings. The summed E-state index contributed by atoms with van der Waals surface area (Å²) in [5.41, 5.74) is 2.61. The maximum Gasteiger partial charge on any atom is 0.0889 e. The summed E-state index contributed by atoms with van der Waals surface area (Å²) in [5.74, 6) is 0.372. The molecule has 0 unspecified atom stereocenters. The van der Waals surface area contributed by atoms with Crippen molar-refractivity contribution in [2.45, 2.75) is 31.8 Å². The minimum Gasteiger partial charge on any atom is -0.376 e. The molecular formula is C22H24O. The smallest absolute Gasteiger partial charge is 0.0889 e. The van der Waals surface area contributed by atoms with Crippen LogP contribution in [-0.2, 0) is 4.74 Å². The first kappa shape index (κ1) is 15.8. The van der Waals surface area contributed by atoms with Crippen LogP contribution in [0.3, 0.4) is 0 Å². The van der Waals surface area contributed by atoms with E-state index in [1.165, 1.54) is 21.9 Å². The number of methoxy groups -OCH3 is 1. The van der Waals surface area contributed by atoms with Crippen molar-refractivity contribution in [3.63, 3.8) is 0 Å². The van der Waals surface area contributed by atoms with Crippen LogP contribution in [0, 0.1) is 0 Å². The molecule has 0 aliphatic carbocycles. The molecule has 0 N–H and O–H groups in total. The van der Waals surface area contributed by atoms with Gasteiger partial charge in [-0.25, -0.2) is 0 Å². The van der Waals surface area contributed by atoms with E-state index in [9.17, 15) is 0 Å². The van der Waals surface area contributed by atoms with Crippen LogP contribution in [0.2, 0.25) is 0 Å². The van der Waals surface area contributed by atoms with Crippen LogP contribution < -0.4 is 0 Å². The van der Waals surface area contributed by atoms with Crippen LogP contribution in [-0.4, -0.2) is 7.11 Å². The summed E-state index contributed by atoms with van der Waals surface area (Å²) >= 11 is 0. The fourth-order valence-corrected chi connectivity index (χ4v) is 3.42. The van der Waals surface area contributed by atoms with E-state index >= 15 is 0 Å². The molecule has 0 aliphatic heterocycles. The molecule has 0 saturated heterocycles. The Morgan fingerprint density at radius 1 is 0.783 bits per heavy atom. The molecule has 3 aromatic rings. The Morgan fingerprint density at radius 3 is 2.17 bits per heavy atom. The fourth-order valence-electron chi connectivity index (χ4n) is 3.42. The zero-order valence-corrected chi connectivity index (χ0v) is 13.9. The number of ether oxygens (including phenoxy) is 1. The first-order chi connectivity index (χ1) is 11.3. The van der Waals surface area contributed by atoms with E-state index in [1.807, 2.05) is 7.11 Å². The number of benzene rings is 3. The third-order valence-corrected chi connectivity index (χ3v) is 4.55. The van der Waals surface area contributed by atoms with Gasteiger partial charge in [0.2, 0.25) is 0 Å². The SMILES string of the molecule is CCC[C@H](c1ccc2ccccc2c1)[C@H](OC)c1ccccc1. The summed E-state index contributed by atoms with van der Waals surface area (Å²) in [7, 11) is 1.82. The second kappa shape index (κ2) is 7.43. The largest absolute Gasteiger partial charge is 0.376 e. The molecule has 3 aromatic carbocycles. The minimum absolute atomic E-state index is 0.0947. The Labute approximate surface area is 138 Å². The number of rotatable bonds is 6. The van der Waals surface area contributed by atoms with E-state index in [0.717, 1.165) is 12.8 Å². The maximum absolute atomic E-state index is 5.92. The van der Waals surface area contributed by atoms with Gasteiger partial charge < -0.3 is 4.74 Å². The predicted octanol–water partition coefficient (Wildman–Crippen LogP) is 6.11. The highest BCUT2D eigenvalue weighted by Gasteiger charge is 2.24. The van der Waals surface area contributed by atoms with Crippen LogP contribution in [0.1, 0.15) is 42.9 Å². The summed E-state index contributed by atoms with van der Waals surface area (Å²) in [4.78, 5) is 0. The molecule has 118 valence electrons. The van der Waals surface area contributed by atoms with Gasteiger partial charge in [-0.1, -0.05) is 86.1 Å². The maximum atomic E-state index is 5.92. The van der Waals surface area contributed by atoms with Gasteiger partial charge in [0, 0.05) is 13.0 Å². The highest BCUT2D eigenvalue weighted by Crippen LogP contribution is 2.38. The summed E-state index contributed by atoms with van der Waals surface area (Å²) in [6, 6.07) is 25.9. The first-order valence-electron chi connectivity index (χ1n) is 8.40. The Hall–Kier alpha value is -2.12. The number of hydrogen-bond donors (Lipinski definition) is 0. The molecule has 0 saturated carbocycles.